The van der Waals surface area contributed by atoms with Crippen molar-refractivity contribution in [2.75, 3.05) is 12.1 Å². The number of fused-ring (bicyclic) bond motifs is 2. The summed E-state index contributed by atoms with van der Waals surface area (Å²) >= 11 is 0. The maximum absolute atomic E-state index is 12.6. The summed E-state index contributed by atoms with van der Waals surface area (Å²) in [5.74, 6) is 1.51. The van der Waals surface area contributed by atoms with Gasteiger partial charge in [-0.15, -0.1) is 0 Å². The third-order valence-electron chi connectivity index (χ3n) is 4.82. The molecule has 0 spiro atoms. The summed E-state index contributed by atoms with van der Waals surface area (Å²) in [6.45, 7) is 4.21. The lowest BCUT2D eigenvalue weighted by Crippen LogP contribution is -2.11. The molecule has 1 amide bonds. The number of hydrogen-bond donors (Lipinski definition) is 1. The molecular formula is C23H18N2O4. The molecule has 1 aromatic heterocycles. The highest BCUT2D eigenvalue weighted by atomic mass is 16.7. The van der Waals surface area contributed by atoms with Crippen LogP contribution in [-0.4, -0.2) is 17.7 Å². The van der Waals surface area contributed by atoms with E-state index in [1.807, 2.05) is 44.2 Å². The number of oxazole rings is 1. The van der Waals surface area contributed by atoms with Crippen LogP contribution in [0.15, 0.2) is 59.0 Å². The van der Waals surface area contributed by atoms with Crippen LogP contribution in [0.4, 0.5) is 5.69 Å². The Labute approximate surface area is 167 Å². The molecule has 0 atom stereocenters. The highest BCUT2D eigenvalue weighted by Gasteiger charge is 2.17. The number of rotatable bonds is 3. The molecule has 6 heteroatoms. The van der Waals surface area contributed by atoms with Crippen LogP contribution in [0.1, 0.15) is 21.5 Å². The molecule has 0 fully saturated rings. The first-order valence-electron chi connectivity index (χ1n) is 9.26. The van der Waals surface area contributed by atoms with E-state index in [4.69, 9.17) is 13.9 Å². The molecule has 3 aromatic carbocycles. The van der Waals surface area contributed by atoms with E-state index in [2.05, 4.69) is 16.4 Å². The maximum Gasteiger partial charge on any atom is 0.255 e. The lowest BCUT2D eigenvalue weighted by molar-refractivity contribution is 0.102. The van der Waals surface area contributed by atoms with E-state index in [1.54, 1.807) is 18.2 Å². The van der Waals surface area contributed by atoms with Gasteiger partial charge in [-0.25, -0.2) is 4.98 Å². The predicted molar refractivity (Wildman–Crippen MR) is 109 cm³/mol. The first kappa shape index (κ1) is 17.3. The second-order valence-electron chi connectivity index (χ2n) is 7.05. The summed E-state index contributed by atoms with van der Waals surface area (Å²) in [6.07, 6.45) is 0. The number of carbonyl (C=O) groups is 1. The first-order valence-corrected chi connectivity index (χ1v) is 9.26. The molecule has 0 radical (unpaired) electrons. The Kier molecular flexibility index (Phi) is 3.98. The Hall–Kier alpha value is -3.80. The molecule has 0 saturated carbocycles. The lowest BCUT2D eigenvalue weighted by atomic mass is 10.1. The second kappa shape index (κ2) is 6.67. The fourth-order valence-electron chi connectivity index (χ4n) is 3.47. The van der Waals surface area contributed by atoms with Gasteiger partial charge in [0.15, 0.2) is 17.1 Å². The van der Waals surface area contributed by atoms with Gasteiger partial charge in [0.05, 0.1) is 0 Å². The molecule has 1 N–H and O–H groups in total. The number of hydrogen-bond acceptors (Lipinski definition) is 5. The summed E-state index contributed by atoms with van der Waals surface area (Å²) < 4.78 is 16.6. The highest BCUT2D eigenvalue weighted by molar-refractivity contribution is 6.05. The predicted octanol–water partition coefficient (Wildman–Crippen LogP) is 5.09. The van der Waals surface area contributed by atoms with Crippen molar-refractivity contribution in [1.29, 1.82) is 0 Å². The molecule has 144 valence electrons. The van der Waals surface area contributed by atoms with Gasteiger partial charge in [0.2, 0.25) is 12.7 Å². The fourth-order valence-corrected chi connectivity index (χ4v) is 3.47. The Bertz CT molecular complexity index is 1260. The van der Waals surface area contributed by atoms with Gasteiger partial charge in [-0.3, -0.25) is 4.79 Å². The Morgan fingerprint density at radius 1 is 1.00 bits per heavy atom. The number of carbonyl (C=O) groups excluding carboxylic acids is 1. The summed E-state index contributed by atoms with van der Waals surface area (Å²) in [6, 6.07) is 16.6. The highest BCUT2D eigenvalue weighted by Crippen LogP contribution is 2.33. The average Bonchev–Trinajstić information content (AvgIpc) is 3.34. The number of aromatic nitrogens is 1. The van der Waals surface area contributed by atoms with E-state index in [1.165, 1.54) is 0 Å². The van der Waals surface area contributed by atoms with E-state index in [0.717, 1.165) is 27.8 Å². The van der Waals surface area contributed by atoms with Crippen LogP contribution in [0.25, 0.3) is 22.6 Å². The number of ether oxygens (including phenoxy) is 2. The molecule has 29 heavy (non-hydrogen) atoms. The van der Waals surface area contributed by atoms with Crippen molar-refractivity contribution in [1.82, 2.24) is 4.98 Å². The minimum atomic E-state index is -0.232. The maximum atomic E-state index is 12.6. The van der Waals surface area contributed by atoms with Gasteiger partial charge in [-0.2, -0.15) is 0 Å². The average molecular weight is 386 g/mol. The molecule has 0 aliphatic carbocycles. The summed E-state index contributed by atoms with van der Waals surface area (Å²) in [7, 11) is 0. The number of nitrogens with one attached hydrogen (secondary N) is 1. The van der Waals surface area contributed by atoms with Gasteiger partial charge < -0.3 is 19.2 Å². The van der Waals surface area contributed by atoms with E-state index in [0.29, 0.717) is 28.6 Å². The van der Waals surface area contributed by atoms with Crippen LogP contribution in [0.5, 0.6) is 11.5 Å². The minimum absolute atomic E-state index is 0.173. The summed E-state index contributed by atoms with van der Waals surface area (Å²) in [5, 5.41) is 2.91. The first-order chi connectivity index (χ1) is 14.1. The molecule has 5 rings (SSSR count). The fraction of sp³-hybridized carbons (Fsp3) is 0.130. The van der Waals surface area contributed by atoms with Gasteiger partial charge in [0.25, 0.3) is 5.91 Å². The van der Waals surface area contributed by atoms with Gasteiger partial charge in [-0.1, -0.05) is 12.1 Å². The van der Waals surface area contributed by atoms with E-state index in [9.17, 15) is 4.79 Å². The molecule has 1 aliphatic rings. The third kappa shape index (κ3) is 3.18. The van der Waals surface area contributed by atoms with Crippen molar-refractivity contribution < 1.29 is 18.7 Å². The van der Waals surface area contributed by atoms with Crippen LogP contribution in [0.2, 0.25) is 0 Å². The van der Waals surface area contributed by atoms with E-state index >= 15 is 0 Å². The second-order valence-corrected chi connectivity index (χ2v) is 7.05. The minimum Gasteiger partial charge on any atom is -0.454 e. The quantitative estimate of drug-likeness (QED) is 0.531. The monoisotopic (exact) mass is 386 g/mol. The molecule has 0 bridgehead atoms. The van der Waals surface area contributed by atoms with Crippen LogP contribution < -0.4 is 14.8 Å². The smallest absolute Gasteiger partial charge is 0.255 e. The standard InChI is InChI=1S/C23H18N2O4/c1-13-8-14(2)21-18(9-13)25-23(29-21)16-4-3-5-17(10-16)24-22(26)15-6-7-19-20(11-15)28-12-27-19/h3-11H,12H2,1-2H3,(H,24,26). The van der Waals surface area contributed by atoms with Crippen molar-refractivity contribution in [2.24, 2.45) is 0 Å². The Morgan fingerprint density at radius 3 is 2.76 bits per heavy atom. The molecule has 0 unspecified atom stereocenters. The number of amides is 1. The van der Waals surface area contributed by atoms with E-state index in [-0.39, 0.29) is 12.7 Å². The molecule has 6 nitrogen and oxygen atoms in total. The lowest BCUT2D eigenvalue weighted by Gasteiger charge is -2.07. The van der Waals surface area contributed by atoms with Crippen molar-refractivity contribution in [3.63, 3.8) is 0 Å². The normalized spacial score (nSPS) is 12.3. The van der Waals surface area contributed by atoms with Gasteiger partial charge in [0, 0.05) is 16.8 Å². The largest absolute Gasteiger partial charge is 0.454 e. The zero-order chi connectivity index (χ0) is 20.0. The Morgan fingerprint density at radius 2 is 1.86 bits per heavy atom. The summed E-state index contributed by atoms with van der Waals surface area (Å²) in [5.41, 5.74) is 5.73. The molecule has 0 saturated heterocycles. The van der Waals surface area contributed by atoms with Crippen molar-refractivity contribution >= 4 is 22.7 Å². The van der Waals surface area contributed by atoms with Crippen LogP contribution in [0.3, 0.4) is 0 Å². The van der Waals surface area contributed by atoms with Crippen molar-refractivity contribution in [2.45, 2.75) is 13.8 Å². The van der Waals surface area contributed by atoms with Crippen LogP contribution >= 0.6 is 0 Å². The Balaban J connectivity index is 1.43. The topological polar surface area (TPSA) is 73.6 Å². The number of nitrogens with zero attached hydrogens (tertiary/aromatic N) is 1. The van der Waals surface area contributed by atoms with Crippen molar-refractivity contribution in [3.8, 4) is 23.0 Å². The number of anilines is 1. The van der Waals surface area contributed by atoms with Gasteiger partial charge in [0.1, 0.15) is 5.52 Å². The number of aryl methyl sites for hydroxylation is 2. The summed E-state index contributed by atoms with van der Waals surface area (Å²) in [4.78, 5) is 17.3. The molecule has 2 heterocycles. The van der Waals surface area contributed by atoms with E-state index < -0.39 is 0 Å². The molecule has 1 aliphatic heterocycles. The molecule has 4 aromatic rings. The SMILES string of the molecule is Cc1cc(C)c2oc(-c3cccc(NC(=O)c4ccc5c(c4)OCO5)c3)nc2c1. The van der Waals surface area contributed by atoms with Gasteiger partial charge in [-0.05, 0) is 67.4 Å². The third-order valence-corrected chi connectivity index (χ3v) is 4.82. The van der Waals surface area contributed by atoms with Gasteiger partial charge >= 0.3 is 0 Å². The van der Waals surface area contributed by atoms with Crippen molar-refractivity contribution in [3.05, 3.63) is 71.3 Å². The zero-order valence-electron chi connectivity index (χ0n) is 16.0. The molecular weight excluding hydrogens is 368 g/mol. The number of benzene rings is 3. The van der Waals surface area contributed by atoms with Crippen LogP contribution in [-0.2, 0) is 0 Å². The zero-order valence-corrected chi connectivity index (χ0v) is 16.0. The van der Waals surface area contributed by atoms with Crippen LogP contribution in [0, 0.1) is 13.8 Å².